The monoisotopic (exact) mass is 195 g/mol. The molecule has 1 aliphatic heterocycles. The Morgan fingerprint density at radius 2 is 2.21 bits per heavy atom. The Hall–Kier alpha value is -0.790. The molecule has 0 saturated carbocycles. The molecule has 1 aliphatic rings. The number of hydrogen-bond donors (Lipinski definition) is 0. The summed E-state index contributed by atoms with van der Waals surface area (Å²) in [7, 11) is 0. The second-order valence-corrected chi connectivity index (χ2v) is 4.49. The molecule has 1 saturated heterocycles. The van der Waals surface area contributed by atoms with E-state index in [1.165, 1.54) is 18.9 Å². The van der Waals surface area contributed by atoms with Gasteiger partial charge in [0.15, 0.2) is 0 Å². The van der Waals surface area contributed by atoms with Gasteiger partial charge in [-0.25, -0.2) is 0 Å². The van der Waals surface area contributed by atoms with Crippen LogP contribution >= 0.6 is 0 Å². The minimum absolute atomic E-state index is 0.0950. The van der Waals surface area contributed by atoms with Crippen molar-refractivity contribution in [1.82, 2.24) is 4.90 Å². The molecule has 0 bridgehead atoms. The van der Waals surface area contributed by atoms with Gasteiger partial charge in [-0.1, -0.05) is 26.8 Å². The van der Waals surface area contributed by atoms with E-state index in [1.807, 2.05) is 4.90 Å². The highest BCUT2D eigenvalue weighted by Gasteiger charge is 2.22. The summed E-state index contributed by atoms with van der Waals surface area (Å²) in [6.07, 6.45) is 5.09. The number of carbonyl (C=O) groups excluding carboxylic acids is 1. The summed E-state index contributed by atoms with van der Waals surface area (Å²) in [5.41, 5.74) is 0. The van der Waals surface area contributed by atoms with Gasteiger partial charge in [0.1, 0.15) is 0 Å². The van der Waals surface area contributed by atoms with Crippen molar-refractivity contribution in [1.29, 1.82) is 0 Å². The molecule has 14 heavy (non-hydrogen) atoms. The maximum Gasteiger partial charge on any atom is 0.245 e. The highest BCUT2D eigenvalue weighted by Crippen LogP contribution is 2.23. The molecule has 0 aromatic heterocycles. The predicted molar refractivity (Wildman–Crippen MR) is 59.0 cm³/mol. The molecule has 0 N–H and O–H groups in total. The molecule has 1 rings (SSSR count). The fraction of sp³-hybridized carbons (Fsp3) is 0.750. The summed E-state index contributed by atoms with van der Waals surface area (Å²) in [5.74, 6) is 1.44. The molecule has 2 nitrogen and oxygen atoms in total. The first kappa shape index (κ1) is 11.3. The van der Waals surface area contributed by atoms with Crippen molar-refractivity contribution in [2.24, 2.45) is 11.8 Å². The summed E-state index contributed by atoms with van der Waals surface area (Å²) in [4.78, 5) is 13.4. The zero-order valence-corrected chi connectivity index (χ0v) is 9.33. The average molecular weight is 195 g/mol. The summed E-state index contributed by atoms with van der Waals surface area (Å²) in [5, 5.41) is 0. The minimum atomic E-state index is 0.0950. The number of likely N-dealkylation sites (tertiary alicyclic amines) is 1. The second-order valence-electron chi connectivity index (χ2n) is 4.49. The van der Waals surface area contributed by atoms with Crippen LogP contribution in [-0.2, 0) is 4.79 Å². The molecular weight excluding hydrogens is 174 g/mol. The van der Waals surface area contributed by atoms with Crippen LogP contribution in [0.2, 0.25) is 0 Å². The first-order chi connectivity index (χ1) is 6.65. The Balaban J connectivity index is 2.59. The topological polar surface area (TPSA) is 20.3 Å². The first-order valence-electron chi connectivity index (χ1n) is 5.56. The molecule has 0 aromatic carbocycles. The Bertz CT molecular complexity index is 210. The van der Waals surface area contributed by atoms with Crippen molar-refractivity contribution in [2.45, 2.75) is 33.1 Å². The lowest BCUT2D eigenvalue weighted by Gasteiger charge is -2.25. The van der Waals surface area contributed by atoms with Gasteiger partial charge in [0.2, 0.25) is 5.91 Å². The molecule has 1 amide bonds. The quantitative estimate of drug-likeness (QED) is 0.620. The number of nitrogens with zero attached hydrogens (tertiary/aromatic N) is 1. The van der Waals surface area contributed by atoms with Crippen molar-refractivity contribution in [3.8, 4) is 0 Å². The highest BCUT2D eigenvalue weighted by molar-refractivity contribution is 5.87. The Labute approximate surface area is 87.0 Å². The molecule has 0 unspecified atom stereocenters. The van der Waals surface area contributed by atoms with Crippen LogP contribution in [0.1, 0.15) is 33.1 Å². The van der Waals surface area contributed by atoms with E-state index in [2.05, 4.69) is 20.4 Å². The maximum atomic E-state index is 11.5. The van der Waals surface area contributed by atoms with Crippen LogP contribution < -0.4 is 0 Å². The maximum absolute atomic E-state index is 11.5. The van der Waals surface area contributed by atoms with Gasteiger partial charge in [0.25, 0.3) is 0 Å². The summed E-state index contributed by atoms with van der Waals surface area (Å²) >= 11 is 0. The molecule has 0 aromatic rings. The van der Waals surface area contributed by atoms with Crippen molar-refractivity contribution < 1.29 is 4.79 Å². The van der Waals surface area contributed by atoms with Gasteiger partial charge in [-0.05, 0) is 30.8 Å². The van der Waals surface area contributed by atoms with Gasteiger partial charge >= 0.3 is 0 Å². The number of carbonyl (C=O) groups is 1. The van der Waals surface area contributed by atoms with Gasteiger partial charge in [0, 0.05) is 13.1 Å². The van der Waals surface area contributed by atoms with E-state index in [4.69, 9.17) is 0 Å². The Morgan fingerprint density at radius 3 is 2.79 bits per heavy atom. The molecule has 0 radical (unpaired) electrons. The van der Waals surface area contributed by atoms with Gasteiger partial charge in [-0.2, -0.15) is 0 Å². The first-order valence-corrected chi connectivity index (χ1v) is 5.56. The largest absolute Gasteiger partial charge is 0.339 e. The predicted octanol–water partition coefficient (Wildman–Crippen LogP) is 2.46. The normalized spacial score (nSPS) is 23.4. The lowest BCUT2D eigenvalue weighted by atomic mass is 9.91. The van der Waals surface area contributed by atoms with E-state index in [1.54, 1.807) is 0 Å². The summed E-state index contributed by atoms with van der Waals surface area (Å²) in [6, 6.07) is 0. The van der Waals surface area contributed by atoms with Gasteiger partial charge in [0.05, 0.1) is 0 Å². The zero-order chi connectivity index (χ0) is 10.6. The van der Waals surface area contributed by atoms with E-state index >= 15 is 0 Å². The Kier molecular flexibility index (Phi) is 4.18. The van der Waals surface area contributed by atoms with E-state index in [0.29, 0.717) is 11.8 Å². The third kappa shape index (κ3) is 2.86. The minimum Gasteiger partial charge on any atom is -0.339 e. The fourth-order valence-electron chi connectivity index (χ4n) is 2.05. The van der Waals surface area contributed by atoms with Crippen LogP contribution in [-0.4, -0.2) is 23.9 Å². The van der Waals surface area contributed by atoms with Crippen molar-refractivity contribution in [3.05, 3.63) is 12.7 Å². The molecule has 80 valence electrons. The van der Waals surface area contributed by atoms with Crippen molar-refractivity contribution >= 4 is 5.91 Å². The smallest absolute Gasteiger partial charge is 0.245 e. The van der Waals surface area contributed by atoms with Crippen molar-refractivity contribution in [2.75, 3.05) is 13.1 Å². The van der Waals surface area contributed by atoms with E-state index in [9.17, 15) is 4.79 Å². The number of hydrogen-bond acceptors (Lipinski definition) is 1. The SMILES string of the molecule is C=CC(=O)N1CCCC[C@@H](C(C)C)C1. The van der Waals surface area contributed by atoms with Crippen LogP contribution in [0, 0.1) is 11.8 Å². The number of amides is 1. The fourth-order valence-corrected chi connectivity index (χ4v) is 2.05. The zero-order valence-electron chi connectivity index (χ0n) is 9.33. The van der Waals surface area contributed by atoms with E-state index < -0.39 is 0 Å². The second kappa shape index (κ2) is 5.18. The van der Waals surface area contributed by atoms with Crippen LogP contribution in [0.4, 0.5) is 0 Å². The van der Waals surface area contributed by atoms with Crippen molar-refractivity contribution in [3.63, 3.8) is 0 Å². The van der Waals surface area contributed by atoms with Crippen LogP contribution in [0.5, 0.6) is 0 Å². The summed E-state index contributed by atoms with van der Waals surface area (Å²) < 4.78 is 0. The van der Waals surface area contributed by atoms with Gasteiger partial charge in [-0.3, -0.25) is 4.79 Å². The van der Waals surface area contributed by atoms with Crippen LogP contribution in [0.15, 0.2) is 12.7 Å². The third-order valence-corrected chi connectivity index (χ3v) is 3.14. The lowest BCUT2D eigenvalue weighted by Crippen LogP contribution is -2.34. The Morgan fingerprint density at radius 1 is 1.50 bits per heavy atom. The number of rotatable bonds is 2. The van der Waals surface area contributed by atoms with Gasteiger partial charge in [-0.15, -0.1) is 0 Å². The molecular formula is C12H21NO. The molecule has 1 heterocycles. The molecule has 0 aliphatic carbocycles. The molecule has 2 heteroatoms. The third-order valence-electron chi connectivity index (χ3n) is 3.14. The van der Waals surface area contributed by atoms with Gasteiger partial charge < -0.3 is 4.90 Å². The van der Waals surface area contributed by atoms with E-state index in [0.717, 1.165) is 19.5 Å². The lowest BCUT2D eigenvalue weighted by molar-refractivity contribution is -0.126. The molecule has 1 atom stereocenters. The highest BCUT2D eigenvalue weighted by atomic mass is 16.2. The average Bonchev–Trinajstić information content (AvgIpc) is 2.41. The van der Waals surface area contributed by atoms with Crippen LogP contribution in [0.25, 0.3) is 0 Å². The van der Waals surface area contributed by atoms with E-state index in [-0.39, 0.29) is 5.91 Å². The van der Waals surface area contributed by atoms with Crippen LogP contribution in [0.3, 0.4) is 0 Å². The molecule has 1 fully saturated rings. The summed E-state index contributed by atoms with van der Waals surface area (Å²) in [6.45, 7) is 9.86. The molecule has 0 spiro atoms. The standard InChI is InChI=1S/C12H21NO/c1-4-12(14)13-8-6-5-7-11(9-13)10(2)3/h4,10-11H,1,5-9H2,2-3H3/t11-/m1/s1.